The fourth-order valence-electron chi connectivity index (χ4n) is 5.49. The van der Waals surface area contributed by atoms with E-state index in [1.54, 1.807) is 12.1 Å². The molecule has 0 unspecified atom stereocenters. The van der Waals surface area contributed by atoms with Gasteiger partial charge in [-0.1, -0.05) is 67.8 Å². The van der Waals surface area contributed by atoms with Crippen molar-refractivity contribution in [3.05, 3.63) is 101 Å². The first kappa shape index (κ1) is 24.3. The van der Waals surface area contributed by atoms with Crippen molar-refractivity contribution < 1.29 is 9.59 Å². The molecule has 0 bridgehead atoms. The molecule has 186 valence electrons. The van der Waals surface area contributed by atoms with Gasteiger partial charge in [-0.25, -0.2) is 0 Å². The van der Waals surface area contributed by atoms with E-state index < -0.39 is 0 Å². The fraction of sp³-hybridized carbons (Fsp3) is 0.355. The van der Waals surface area contributed by atoms with Crippen LogP contribution in [0.15, 0.2) is 72.8 Å². The predicted octanol–water partition coefficient (Wildman–Crippen LogP) is 5.77. The molecule has 36 heavy (non-hydrogen) atoms. The van der Waals surface area contributed by atoms with E-state index in [0.717, 1.165) is 26.1 Å². The zero-order valence-corrected chi connectivity index (χ0v) is 20.8. The molecular weight excluding hydrogens is 446 g/mol. The van der Waals surface area contributed by atoms with Crippen LogP contribution in [0.2, 0.25) is 0 Å². The van der Waals surface area contributed by atoms with Crippen molar-refractivity contribution >= 4 is 17.5 Å². The van der Waals surface area contributed by atoms with Crippen LogP contribution in [0.25, 0.3) is 0 Å². The highest BCUT2D eigenvalue weighted by atomic mass is 16.2. The molecule has 2 N–H and O–H groups in total. The fourth-order valence-corrected chi connectivity index (χ4v) is 5.49. The first-order chi connectivity index (χ1) is 17.7. The maximum absolute atomic E-state index is 13.0. The van der Waals surface area contributed by atoms with Crippen LogP contribution in [0, 0.1) is 0 Å². The lowest BCUT2D eigenvalue weighted by atomic mass is 9.84. The largest absolute Gasteiger partial charge is 0.351 e. The predicted molar refractivity (Wildman–Crippen MR) is 144 cm³/mol. The van der Waals surface area contributed by atoms with Gasteiger partial charge in [-0.2, -0.15) is 0 Å². The minimum absolute atomic E-state index is 0.170. The Morgan fingerprint density at radius 3 is 2.33 bits per heavy atom. The topological polar surface area (TPSA) is 61.4 Å². The number of hydrogen-bond acceptors (Lipinski definition) is 3. The van der Waals surface area contributed by atoms with Crippen molar-refractivity contribution in [2.45, 2.75) is 51.0 Å². The average molecular weight is 482 g/mol. The van der Waals surface area contributed by atoms with Gasteiger partial charge in [0.15, 0.2) is 0 Å². The number of anilines is 1. The zero-order chi connectivity index (χ0) is 24.7. The van der Waals surface area contributed by atoms with Crippen LogP contribution in [0.1, 0.15) is 75.4 Å². The number of hydrogen-bond donors (Lipinski definition) is 2. The molecule has 0 aromatic heterocycles. The number of amides is 2. The molecule has 1 fully saturated rings. The molecule has 5 rings (SSSR count). The third-order valence-corrected chi connectivity index (χ3v) is 7.59. The van der Waals surface area contributed by atoms with Crippen LogP contribution in [-0.2, 0) is 13.0 Å². The quantitative estimate of drug-likeness (QED) is 0.450. The van der Waals surface area contributed by atoms with Crippen LogP contribution in [0.5, 0.6) is 0 Å². The Morgan fingerprint density at radius 1 is 0.806 bits per heavy atom. The van der Waals surface area contributed by atoms with E-state index in [1.807, 2.05) is 24.3 Å². The first-order valence-electron chi connectivity index (χ1n) is 13.2. The van der Waals surface area contributed by atoms with E-state index in [-0.39, 0.29) is 11.8 Å². The summed E-state index contributed by atoms with van der Waals surface area (Å²) in [6.07, 6.45) is 7.42. The van der Waals surface area contributed by atoms with E-state index in [9.17, 15) is 9.59 Å². The summed E-state index contributed by atoms with van der Waals surface area (Å²) in [6, 6.07) is 23.7. The van der Waals surface area contributed by atoms with Crippen molar-refractivity contribution in [3.8, 4) is 0 Å². The third-order valence-electron chi connectivity index (χ3n) is 7.59. The molecular formula is C31H35N3O2. The summed E-state index contributed by atoms with van der Waals surface area (Å²) in [5.41, 5.74) is 5.73. The molecule has 3 aromatic rings. The summed E-state index contributed by atoms with van der Waals surface area (Å²) in [4.78, 5) is 28.3. The van der Waals surface area contributed by atoms with Gasteiger partial charge in [-0.3, -0.25) is 14.5 Å². The standard InChI is InChI=1S/C31H35N3O2/c35-30(26-16-14-25(15-17-26)23-8-2-1-3-9-23)33-29-13-7-6-12-28(29)31(36)32-19-21-34-20-18-24-10-4-5-11-27(24)22-34/h4-7,10-17,23H,1-3,8-9,18-22H2,(H,32,36)(H,33,35). The summed E-state index contributed by atoms with van der Waals surface area (Å²) in [6.45, 7) is 3.27. The van der Waals surface area contributed by atoms with Crippen LogP contribution in [0.4, 0.5) is 5.69 Å². The molecule has 0 atom stereocenters. The van der Waals surface area contributed by atoms with Gasteiger partial charge in [0.1, 0.15) is 0 Å². The van der Waals surface area contributed by atoms with Crippen molar-refractivity contribution in [1.29, 1.82) is 0 Å². The maximum atomic E-state index is 13.0. The van der Waals surface area contributed by atoms with E-state index >= 15 is 0 Å². The number of para-hydroxylation sites is 1. The van der Waals surface area contributed by atoms with Crippen LogP contribution < -0.4 is 10.6 Å². The lowest BCUT2D eigenvalue weighted by molar-refractivity contribution is 0.0948. The normalized spacial score (nSPS) is 16.2. The second-order valence-electron chi connectivity index (χ2n) is 10.0. The van der Waals surface area contributed by atoms with Crippen LogP contribution in [-0.4, -0.2) is 36.3 Å². The molecule has 1 aliphatic heterocycles. The summed E-state index contributed by atoms with van der Waals surface area (Å²) in [7, 11) is 0. The Kier molecular flexibility index (Phi) is 7.77. The Bertz CT molecular complexity index is 1200. The van der Waals surface area contributed by atoms with Gasteiger partial charge in [0.2, 0.25) is 0 Å². The number of nitrogens with one attached hydrogen (secondary N) is 2. The maximum Gasteiger partial charge on any atom is 0.255 e. The van der Waals surface area contributed by atoms with Crippen LogP contribution >= 0.6 is 0 Å². The highest BCUT2D eigenvalue weighted by Crippen LogP contribution is 2.32. The number of rotatable bonds is 7. The summed E-state index contributed by atoms with van der Waals surface area (Å²) in [5.74, 6) is 0.244. The minimum Gasteiger partial charge on any atom is -0.351 e. The van der Waals surface area contributed by atoms with Crippen molar-refractivity contribution in [3.63, 3.8) is 0 Å². The second-order valence-corrected chi connectivity index (χ2v) is 10.0. The second kappa shape index (κ2) is 11.5. The van der Waals surface area contributed by atoms with E-state index in [4.69, 9.17) is 0 Å². The van der Waals surface area contributed by atoms with E-state index in [0.29, 0.717) is 29.3 Å². The van der Waals surface area contributed by atoms with E-state index in [1.165, 1.54) is 48.8 Å². The van der Waals surface area contributed by atoms with Crippen molar-refractivity contribution in [1.82, 2.24) is 10.2 Å². The van der Waals surface area contributed by atoms with Gasteiger partial charge in [0.25, 0.3) is 11.8 Å². The molecule has 0 spiro atoms. The van der Waals surface area contributed by atoms with Gasteiger partial charge in [-0.05, 0) is 66.1 Å². The SMILES string of the molecule is O=C(Nc1ccccc1C(=O)NCCN1CCc2ccccc2C1)c1ccc(C2CCCCC2)cc1. The average Bonchev–Trinajstić information content (AvgIpc) is 2.94. The van der Waals surface area contributed by atoms with Gasteiger partial charge < -0.3 is 10.6 Å². The van der Waals surface area contributed by atoms with Gasteiger partial charge >= 0.3 is 0 Å². The first-order valence-corrected chi connectivity index (χ1v) is 13.2. The summed E-state index contributed by atoms with van der Waals surface area (Å²) >= 11 is 0. The lowest BCUT2D eigenvalue weighted by Crippen LogP contribution is -2.38. The van der Waals surface area contributed by atoms with Gasteiger partial charge in [0.05, 0.1) is 11.3 Å². The van der Waals surface area contributed by atoms with Gasteiger partial charge in [-0.15, -0.1) is 0 Å². The van der Waals surface area contributed by atoms with Crippen molar-refractivity contribution in [2.24, 2.45) is 0 Å². The molecule has 5 heteroatoms. The molecule has 1 heterocycles. The highest BCUT2D eigenvalue weighted by molar-refractivity contribution is 6.09. The Balaban J connectivity index is 1.16. The van der Waals surface area contributed by atoms with E-state index in [2.05, 4.69) is 51.9 Å². The monoisotopic (exact) mass is 481 g/mol. The zero-order valence-electron chi connectivity index (χ0n) is 20.8. The molecule has 2 aliphatic rings. The number of benzene rings is 3. The molecule has 3 aromatic carbocycles. The van der Waals surface area contributed by atoms with Crippen LogP contribution in [0.3, 0.4) is 0 Å². The third kappa shape index (κ3) is 5.85. The molecule has 2 amide bonds. The lowest BCUT2D eigenvalue weighted by Gasteiger charge is -2.28. The molecule has 0 saturated heterocycles. The van der Waals surface area contributed by atoms with Crippen molar-refractivity contribution in [2.75, 3.05) is 25.0 Å². The molecule has 0 radical (unpaired) electrons. The smallest absolute Gasteiger partial charge is 0.255 e. The Morgan fingerprint density at radius 2 is 1.53 bits per heavy atom. The Hall–Kier alpha value is -3.44. The number of carbonyl (C=O) groups excluding carboxylic acids is 2. The minimum atomic E-state index is -0.197. The van der Waals surface area contributed by atoms with Gasteiger partial charge in [0, 0.05) is 31.7 Å². The Labute approximate surface area is 213 Å². The molecule has 5 nitrogen and oxygen atoms in total. The molecule has 1 saturated carbocycles. The number of carbonyl (C=O) groups is 2. The number of nitrogens with zero attached hydrogens (tertiary/aromatic N) is 1. The molecule has 1 aliphatic carbocycles. The number of fused-ring (bicyclic) bond motifs is 1. The summed E-state index contributed by atoms with van der Waals surface area (Å²) in [5, 5.41) is 5.98. The summed E-state index contributed by atoms with van der Waals surface area (Å²) < 4.78 is 0. The highest BCUT2D eigenvalue weighted by Gasteiger charge is 2.18.